The molecule has 0 aromatic carbocycles. The molecule has 96 valence electrons. The summed E-state index contributed by atoms with van der Waals surface area (Å²) in [5, 5.41) is 14.2. The Morgan fingerprint density at radius 3 is 3.06 bits per heavy atom. The molecule has 1 unspecified atom stereocenters. The minimum absolute atomic E-state index is 0.0637. The summed E-state index contributed by atoms with van der Waals surface area (Å²) >= 11 is 0. The molecule has 1 heterocycles. The molecule has 2 N–H and O–H groups in total. The zero-order chi connectivity index (χ0) is 13.0. The highest BCUT2D eigenvalue weighted by atomic mass is 16.1. The molecule has 1 fully saturated rings. The maximum atomic E-state index is 11.5. The Morgan fingerprint density at radius 1 is 1.67 bits per heavy atom. The average molecular weight is 246 g/mol. The minimum atomic E-state index is -0.133. The lowest BCUT2D eigenvalue weighted by Crippen LogP contribution is -2.27. The second-order valence-corrected chi connectivity index (χ2v) is 4.66. The van der Waals surface area contributed by atoms with Crippen LogP contribution in [0.5, 0.6) is 0 Å². The number of hydrogen-bond donors (Lipinski definition) is 2. The number of aromatic nitrogens is 1. The first kappa shape index (κ1) is 12.7. The Labute approximate surface area is 107 Å². The number of rotatable bonds is 6. The van der Waals surface area contributed by atoms with Gasteiger partial charge in [-0.05, 0) is 37.4 Å². The molecule has 0 spiro atoms. The van der Waals surface area contributed by atoms with Gasteiger partial charge in [0.05, 0.1) is 6.07 Å². The van der Waals surface area contributed by atoms with Crippen LogP contribution in [0.3, 0.4) is 0 Å². The van der Waals surface area contributed by atoms with Crippen molar-refractivity contribution in [2.75, 3.05) is 13.6 Å². The van der Waals surface area contributed by atoms with Crippen LogP contribution in [0.1, 0.15) is 24.4 Å². The summed E-state index contributed by atoms with van der Waals surface area (Å²) in [5.41, 5.74) is 1.23. The number of amides is 1. The number of carbonyl (C=O) groups excluding carboxylic acids is 1. The van der Waals surface area contributed by atoms with Crippen molar-refractivity contribution in [1.82, 2.24) is 15.2 Å². The number of nitriles is 1. The molecule has 5 heteroatoms. The van der Waals surface area contributed by atoms with Crippen LogP contribution in [0.25, 0.3) is 0 Å². The second-order valence-electron chi connectivity index (χ2n) is 4.66. The number of hydrogen-bond acceptors (Lipinski definition) is 3. The molecule has 2 rings (SSSR count). The monoisotopic (exact) mass is 246 g/mol. The third-order valence-electron chi connectivity index (χ3n) is 3.23. The molecule has 5 nitrogen and oxygen atoms in total. The van der Waals surface area contributed by atoms with Crippen LogP contribution in [-0.2, 0) is 11.3 Å². The maximum Gasteiger partial charge on any atom is 0.240 e. The van der Waals surface area contributed by atoms with Crippen molar-refractivity contribution >= 4 is 5.91 Å². The number of carbonyl (C=O) groups is 1. The Kier molecular flexibility index (Phi) is 4.00. The second kappa shape index (κ2) is 5.69. The van der Waals surface area contributed by atoms with Crippen molar-refractivity contribution in [3.05, 3.63) is 24.0 Å². The normalized spacial score (nSPS) is 16.0. The van der Waals surface area contributed by atoms with Crippen LogP contribution in [0.4, 0.5) is 0 Å². The van der Waals surface area contributed by atoms with Gasteiger partial charge in [0.15, 0.2) is 0 Å². The molecule has 1 aliphatic carbocycles. The maximum absolute atomic E-state index is 11.5. The van der Waals surface area contributed by atoms with Crippen molar-refractivity contribution in [1.29, 1.82) is 5.26 Å². The molecule has 0 saturated heterocycles. The van der Waals surface area contributed by atoms with Gasteiger partial charge >= 0.3 is 0 Å². The first-order valence-corrected chi connectivity index (χ1v) is 6.21. The SMILES string of the molecule is CNC(c1ccn(CC(=O)NCC#N)c1)C1CC1. The molecule has 1 saturated carbocycles. The smallest absolute Gasteiger partial charge is 0.240 e. The van der Waals surface area contributed by atoms with Gasteiger partial charge in [-0.1, -0.05) is 0 Å². The van der Waals surface area contributed by atoms with E-state index in [1.54, 1.807) is 0 Å². The standard InChI is InChI=1S/C13H18N4O/c1-15-13(10-2-3-10)11-4-7-17(8-11)9-12(18)16-6-5-14/h4,7-8,10,13,15H,2-3,6,9H2,1H3,(H,16,18). The van der Waals surface area contributed by atoms with Gasteiger partial charge in [-0.3, -0.25) is 4.79 Å². The van der Waals surface area contributed by atoms with E-state index in [1.807, 2.05) is 30.1 Å². The molecule has 1 aromatic heterocycles. The zero-order valence-corrected chi connectivity index (χ0v) is 10.5. The lowest BCUT2D eigenvalue weighted by atomic mass is 10.1. The molecule has 0 bridgehead atoms. The Morgan fingerprint density at radius 2 is 2.44 bits per heavy atom. The van der Waals surface area contributed by atoms with Crippen LogP contribution in [0, 0.1) is 17.2 Å². The van der Waals surface area contributed by atoms with E-state index in [0.29, 0.717) is 6.04 Å². The quantitative estimate of drug-likeness (QED) is 0.729. The molecule has 18 heavy (non-hydrogen) atoms. The summed E-state index contributed by atoms with van der Waals surface area (Å²) in [6, 6.07) is 4.34. The predicted molar refractivity (Wildman–Crippen MR) is 67.6 cm³/mol. The van der Waals surface area contributed by atoms with E-state index in [4.69, 9.17) is 5.26 Å². The lowest BCUT2D eigenvalue weighted by molar-refractivity contribution is -0.121. The van der Waals surface area contributed by atoms with E-state index < -0.39 is 0 Å². The highest BCUT2D eigenvalue weighted by molar-refractivity contribution is 5.75. The molecule has 0 radical (unpaired) electrons. The van der Waals surface area contributed by atoms with E-state index in [9.17, 15) is 4.79 Å². The van der Waals surface area contributed by atoms with Crippen molar-refractivity contribution in [3.8, 4) is 6.07 Å². The summed E-state index contributed by atoms with van der Waals surface area (Å²) in [6.07, 6.45) is 6.47. The van der Waals surface area contributed by atoms with Crippen LogP contribution >= 0.6 is 0 Å². The third-order valence-corrected chi connectivity index (χ3v) is 3.23. The number of nitrogens with one attached hydrogen (secondary N) is 2. The van der Waals surface area contributed by atoms with E-state index >= 15 is 0 Å². The van der Waals surface area contributed by atoms with E-state index in [0.717, 1.165) is 5.92 Å². The molecule has 1 aromatic rings. The van der Waals surface area contributed by atoms with E-state index in [2.05, 4.69) is 16.7 Å². The molecule has 1 atom stereocenters. The van der Waals surface area contributed by atoms with Gasteiger partial charge < -0.3 is 15.2 Å². The van der Waals surface area contributed by atoms with Gasteiger partial charge in [0.25, 0.3) is 0 Å². The Bertz CT molecular complexity index is 456. The van der Waals surface area contributed by atoms with Crippen LogP contribution in [0.2, 0.25) is 0 Å². The van der Waals surface area contributed by atoms with Crippen molar-refractivity contribution < 1.29 is 4.79 Å². The lowest BCUT2D eigenvalue weighted by Gasteiger charge is -2.13. The fourth-order valence-electron chi connectivity index (χ4n) is 2.21. The molecule has 0 aliphatic heterocycles. The van der Waals surface area contributed by atoms with Gasteiger partial charge in [0.1, 0.15) is 13.1 Å². The first-order chi connectivity index (χ1) is 8.74. The summed E-state index contributed by atoms with van der Waals surface area (Å²) in [6.45, 7) is 0.330. The summed E-state index contributed by atoms with van der Waals surface area (Å²) in [4.78, 5) is 11.5. The van der Waals surface area contributed by atoms with Crippen LogP contribution in [0.15, 0.2) is 18.5 Å². The van der Waals surface area contributed by atoms with E-state index in [1.165, 1.54) is 18.4 Å². The van der Waals surface area contributed by atoms with Gasteiger partial charge in [-0.2, -0.15) is 5.26 Å². The van der Waals surface area contributed by atoms with Gasteiger partial charge in [0, 0.05) is 18.4 Å². The highest BCUT2D eigenvalue weighted by Gasteiger charge is 2.31. The van der Waals surface area contributed by atoms with Crippen LogP contribution in [-0.4, -0.2) is 24.1 Å². The van der Waals surface area contributed by atoms with Crippen LogP contribution < -0.4 is 10.6 Å². The third kappa shape index (κ3) is 3.11. The van der Waals surface area contributed by atoms with Crippen molar-refractivity contribution in [2.45, 2.75) is 25.4 Å². The van der Waals surface area contributed by atoms with Gasteiger partial charge in [-0.15, -0.1) is 0 Å². The van der Waals surface area contributed by atoms with Gasteiger partial charge in [-0.25, -0.2) is 0 Å². The first-order valence-electron chi connectivity index (χ1n) is 6.21. The summed E-state index contributed by atoms with van der Waals surface area (Å²) in [7, 11) is 1.97. The van der Waals surface area contributed by atoms with E-state index in [-0.39, 0.29) is 19.0 Å². The highest BCUT2D eigenvalue weighted by Crippen LogP contribution is 2.40. The average Bonchev–Trinajstić information content (AvgIpc) is 3.09. The summed E-state index contributed by atoms with van der Waals surface area (Å²) < 4.78 is 1.86. The molecule has 1 amide bonds. The predicted octanol–water partition coefficient (Wildman–Crippen LogP) is 0.798. The van der Waals surface area contributed by atoms with Crippen molar-refractivity contribution in [2.24, 2.45) is 5.92 Å². The van der Waals surface area contributed by atoms with Crippen molar-refractivity contribution in [3.63, 3.8) is 0 Å². The largest absolute Gasteiger partial charge is 0.345 e. The summed E-state index contributed by atoms with van der Waals surface area (Å²) in [5.74, 6) is 0.601. The zero-order valence-electron chi connectivity index (χ0n) is 10.5. The fraction of sp³-hybridized carbons (Fsp3) is 0.538. The molecule has 1 aliphatic rings. The fourth-order valence-corrected chi connectivity index (χ4v) is 2.21. The Hall–Kier alpha value is -1.80. The van der Waals surface area contributed by atoms with Gasteiger partial charge in [0.2, 0.25) is 5.91 Å². The minimum Gasteiger partial charge on any atom is -0.345 e. The molecular weight excluding hydrogens is 228 g/mol. The molecular formula is C13H18N4O. The Balaban J connectivity index is 1.93. The number of nitrogens with zero attached hydrogens (tertiary/aromatic N) is 2. The topological polar surface area (TPSA) is 69.8 Å².